The van der Waals surface area contributed by atoms with Crippen LogP contribution in [0.3, 0.4) is 0 Å². The van der Waals surface area contributed by atoms with Crippen molar-refractivity contribution in [1.82, 2.24) is 5.43 Å². The molecule has 0 aliphatic heterocycles. The van der Waals surface area contributed by atoms with E-state index in [1.165, 1.54) is 0 Å². The summed E-state index contributed by atoms with van der Waals surface area (Å²) in [5.74, 6) is -0.625. The molecule has 3 heteroatoms. The van der Waals surface area contributed by atoms with Gasteiger partial charge in [-0.15, -0.1) is 0 Å². The van der Waals surface area contributed by atoms with Gasteiger partial charge in [0.2, 0.25) is 0 Å². The Labute approximate surface area is 188 Å². The van der Waals surface area contributed by atoms with E-state index < -0.39 is 5.92 Å². The van der Waals surface area contributed by atoms with Crippen molar-refractivity contribution < 1.29 is 4.79 Å². The third kappa shape index (κ3) is 5.46. The number of nitrogens with zero attached hydrogens (tertiary/aromatic N) is 1. The molecule has 1 amide bonds. The van der Waals surface area contributed by atoms with E-state index in [0.29, 0.717) is 5.71 Å². The number of benzene rings is 4. The summed E-state index contributed by atoms with van der Waals surface area (Å²) in [6.45, 7) is 0. The highest BCUT2D eigenvalue weighted by molar-refractivity contribution is 6.11. The molecule has 4 aromatic carbocycles. The Morgan fingerprint density at radius 3 is 1.66 bits per heavy atom. The number of hydrazone groups is 1. The van der Waals surface area contributed by atoms with Gasteiger partial charge in [-0.1, -0.05) is 127 Å². The van der Waals surface area contributed by atoms with Crippen LogP contribution in [0, 0.1) is 0 Å². The average molecular weight is 417 g/mol. The largest absolute Gasteiger partial charge is 0.272 e. The molecule has 156 valence electrons. The van der Waals surface area contributed by atoms with Crippen molar-refractivity contribution >= 4 is 17.7 Å². The summed E-state index contributed by atoms with van der Waals surface area (Å²) in [6, 6.07) is 39.4. The van der Waals surface area contributed by atoms with Crippen LogP contribution in [0.15, 0.2) is 133 Å². The molecule has 32 heavy (non-hydrogen) atoms. The Hall–Kier alpha value is -4.24. The van der Waals surface area contributed by atoms with Gasteiger partial charge in [0.15, 0.2) is 0 Å². The highest BCUT2D eigenvalue weighted by Gasteiger charge is 2.22. The third-order valence-corrected chi connectivity index (χ3v) is 5.12. The third-order valence-electron chi connectivity index (χ3n) is 5.12. The first kappa shape index (κ1) is 21.0. The number of carbonyl (C=O) groups excluding carboxylic acids is 1. The molecule has 0 bridgehead atoms. The lowest BCUT2D eigenvalue weighted by molar-refractivity contribution is -0.121. The Morgan fingerprint density at radius 2 is 1.12 bits per heavy atom. The second kappa shape index (κ2) is 10.7. The van der Waals surface area contributed by atoms with Crippen LogP contribution < -0.4 is 5.43 Å². The lowest BCUT2D eigenvalue weighted by atomic mass is 9.91. The Bertz CT molecular complexity index is 1150. The molecule has 0 unspecified atom stereocenters. The van der Waals surface area contributed by atoms with Crippen molar-refractivity contribution in [1.29, 1.82) is 0 Å². The Balaban J connectivity index is 1.64. The van der Waals surface area contributed by atoms with Gasteiger partial charge in [-0.25, -0.2) is 5.43 Å². The van der Waals surface area contributed by atoms with Gasteiger partial charge in [0.1, 0.15) is 0 Å². The molecule has 0 spiro atoms. The summed E-state index contributed by atoms with van der Waals surface area (Å²) in [6.07, 6.45) is 3.91. The lowest BCUT2D eigenvalue weighted by Gasteiger charge is -2.16. The van der Waals surface area contributed by atoms with Gasteiger partial charge < -0.3 is 0 Å². The molecule has 4 rings (SSSR count). The number of hydrogen-bond acceptors (Lipinski definition) is 2. The molecule has 0 aliphatic carbocycles. The standard InChI is InChI=1S/C29H24N2O/c32-29(28(25-17-9-3-10-18-25)26-19-11-4-12-20-26)31-30-27(24-15-7-2-8-16-24)22-21-23-13-5-1-6-14-23/h1-22,28H,(H,31,32)/b22-21-,30-27?. The van der Waals surface area contributed by atoms with Crippen LogP contribution in [0.1, 0.15) is 28.2 Å². The monoisotopic (exact) mass is 416 g/mol. The Morgan fingerprint density at radius 1 is 0.656 bits per heavy atom. The first-order valence-electron chi connectivity index (χ1n) is 10.6. The highest BCUT2D eigenvalue weighted by Crippen LogP contribution is 2.24. The lowest BCUT2D eigenvalue weighted by Crippen LogP contribution is -2.27. The molecule has 0 saturated heterocycles. The number of rotatable bonds is 7. The zero-order valence-corrected chi connectivity index (χ0v) is 17.6. The summed E-state index contributed by atoms with van der Waals surface area (Å²) in [7, 11) is 0. The minimum absolute atomic E-state index is 0.177. The summed E-state index contributed by atoms with van der Waals surface area (Å²) < 4.78 is 0. The molecule has 1 N–H and O–H groups in total. The normalized spacial score (nSPS) is 11.6. The SMILES string of the molecule is O=C(NN=C(/C=C\c1ccccc1)c1ccccc1)C(c1ccccc1)c1ccccc1. The van der Waals surface area contributed by atoms with Crippen molar-refractivity contribution in [2.75, 3.05) is 0 Å². The maximum Gasteiger partial charge on any atom is 0.252 e. The topological polar surface area (TPSA) is 41.5 Å². The van der Waals surface area contributed by atoms with Crippen LogP contribution in [0.4, 0.5) is 0 Å². The van der Waals surface area contributed by atoms with Gasteiger partial charge in [0.25, 0.3) is 5.91 Å². The molecule has 0 aromatic heterocycles. The van der Waals surface area contributed by atoms with E-state index in [4.69, 9.17) is 0 Å². The highest BCUT2D eigenvalue weighted by atomic mass is 16.2. The second-order valence-corrected chi connectivity index (χ2v) is 7.34. The zero-order chi connectivity index (χ0) is 22.0. The molecule has 0 radical (unpaired) electrons. The molecular formula is C29H24N2O. The molecule has 0 atom stereocenters. The van der Waals surface area contributed by atoms with Crippen LogP contribution in [0.5, 0.6) is 0 Å². The molecular weight excluding hydrogens is 392 g/mol. The molecule has 0 saturated carbocycles. The number of hydrogen-bond donors (Lipinski definition) is 1. The van der Waals surface area contributed by atoms with E-state index in [1.54, 1.807) is 0 Å². The van der Waals surface area contributed by atoms with Crippen molar-refractivity contribution in [3.63, 3.8) is 0 Å². The molecule has 0 fully saturated rings. The van der Waals surface area contributed by atoms with Crippen LogP contribution in [0.25, 0.3) is 6.08 Å². The van der Waals surface area contributed by atoms with Crippen LogP contribution in [-0.2, 0) is 4.79 Å². The van der Waals surface area contributed by atoms with Crippen LogP contribution in [-0.4, -0.2) is 11.6 Å². The number of carbonyl (C=O) groups is 1. The van der Waals surface area contributed by atoms with Crippen molar-refractivity contribution in [2.45, 2.75) is 5.92 Å². The molecule has 0 aliphatic rings. The average Bonchev–Trinajstić information content (AvgIpc) is 2.87. The van der Waals surface area contributed by atoms with Gasteiger partial charge >= 0.3 is 0 Å². The minimum atomic E-state index is -0.448. The van der Waals surface area contributed by atoms with Crippen LogP contribution >= 0.6 is 0 Å². The second-order valence-electron chi connectivity index (χ2n) is 7.34. The fourth-order valence-electron chi connectivity index (χ4n) is 3.51. The van der Waals surface area contributed by atoms with Gasteiger partial charge in [-0.05, 0) is 22.8 Å². The van der Waals surface area contributed by atoms with Gasteiger partial charge in [-0.2, -0.15) is 5.10 Å². The number of nitrogens with one attached hydrogen (secondary N) is 1. The fourth-order valence-corrected chi connectivity index (χ4v) is 3.51. The van der Waals surface area contributed by atoms with E-state index in [1.807, 2.05) is 133 Å². The van der Waals surface area contributed by atoms with E-state index in [2.05, 4.69) is 10.5 Å². The maximum atomic E-state index is 13.3. The van der Waals surface area contributed by atoms with Crippen molar-refractivity contribution in [3.8, 4) is 0 Å². The first-order chi connectivity index (χ1) is 15.8. The molecule has 4 aromatic rings. The van der Waals surface area contributed by atoms with Gasteiger partial charge in [0.05, 0.1) is 11.6 Å². The van der Waals surface area contributed by atoms with E-state index in [-0.39, 0.29) is 5.91 Å². The van der Waals surface area contributed by atoms with Gasteiger partial charge in [-0.3, -0.25) is 4.79 Å². The predicted molar refractivity (Wildman–Crippen MR) is 131 cm³/mol. The smallest absolute Gasteiger partial charge is 0.252 e. The number of amides is 1. The maximum absolute atomic E-state index is 13.3. The number of allylic oxidation sites excluding steroid dienone is 1. The van der Waals surface area contributed by atoms with Gasteiger partial charge in [0, 0.05) is 5.56 Å². The molecule has 3 nitrogen and oxygen atoms in total. The van der Waals surface area contributed by atoms with E-state index >= 15 is 0 Å². The summed E-state index contributed by atoms with van der Waals surface area (Å²) >= 11 is 0. The zero-order valence-electron chi connectivity index (χ0n) is 17.6. The fraction of sp³-hybridized carbons (Fsp3) is 0.0345. The minimum Gasteiger partial charge on any atom is -0.272 e. The van der Waals surface area contributed by atoms with E-state index in [0.717, 1.165) is 22.3 Å². The predicted octanol–water partition coefficient (Wildman–Crippen LogP) is 6.05. The summed E-state index contributed by atoms with van der Waals surface area (Å²) in [5.41, 5.74) is 7.33. The Kier molecular flexibility index (Phi) is 7.02. The molecule has 0 heterocycles. The summed E-state index contributed by atoms with van der Waals surface area (Å²) in [5, 5.41) is 4.51. The van der Waals surface area contributed by atoms with Crippen molar-refractivity contribution in [2.24, 2.45) is 5.10 Å². The van der Waals surface area contributed by atoms with E-state index in [9.17, 15) is 4.79 Å². The quantitative estimate of drug-likeness (QED) is 0.289. The van der Waals surface area contributed by atoms with Crippen molar-refractivity contribution in [3.05, 3.63) is 150 Å². The van der Waals surface area contributed by atoms with Crippen LogP contribution in [0.2, 0.25) is 0 Å². The first-order valence-corrected chi connectivity index (χ1v) is 10.6. The summed E-state index contributed by atoms with van der Waals surface area (Å²) in [4.78, 5) is 13.3.